The molecule has 2 aromatic carbocycles. The highest BCUT2D eigenvalue weighted by molar-refractivity contribution is 5.83. The summed E-state index contributed by atoms with van der Waals surface area (Å²) in [7, 11) is 0. The number of aryl methyl sites for hydroxylation is 1. The summed E-state index contributed by atoms with van der Waals surface area (Å²) in [5, 5.41) is 4.61. The Morgan fingerprint density at radius 1 is 1.10 bits per heavy atom. The number of hydrogen-bond acceptors (Lipinski definition) is 2. The highest BCUT2D eigenvalue weighted by atomic mass is 16.3. The van der Waals surface area contributed by atoms with Gasteiger partial charge in [0.25, 0.3) is 0 Å². The van der Waals surface area contributed by atoms with Crippen molar-refractivity contribution in [3.05, 3.63) is 59.7 Å². The number of furan rings is 1. The van der Waals surface area contributed by atoms with Gasteiger partial charge in [-0.2, -0.15) is 0 Å². The molecule has 0 aliphatic rings. The number of fused-ring (bicyclic) bond motifs is 1. The molecule has 0 radical (unpaired) electrons. The van der Waals surface area contributed by atoms with E-state index >= 15 is 0 Å². The van der Waals surface area contributed by atoms with Gasteiger partial charge >= 0.3 is 0 Å². The van der Waals surface area contributed by atoms with Gasteiger partial charge in [-0.25, -0.2) is 0 Å². The summed E-state index contributed by atoms with van der Waals surface area (Å²) in [6.07, 6.45) is 0. The lowest BCUT2D eigenvalue weighted by atomic mass is 10.0. The topological polar surface area (TPSA) is 25.2 Å². The van der Waals surface area contributed by atoms with Crippen LogP contribution in [0.5, 0.6) is 0 Å². The normalized spacial score (nSPS) is 12.7. The molecule has 1 aromatic heterocycles. The van der Waals surface area contributed by atoms with Gasteiger partial charge in [0.2, 0.25) is 0 Å². The SMILES string of the molecule is CCNC(C)c1cccc(-c2cc3cc(C)ccc3o2)c1. The lowest BCUT2D eigenvalue weighted by Gasteiger charge is -2.13. The van der Waals surface area contributed by atoms with Crippen molar-refractivity contribution in [1.29, 1.82) is 0 Å². The van der Waals surface area contributed by atoms with Gasteiger partial charge in [-0.3, -0.25) is 0 Å². The molecule has 1 unspecified atom stereocenters. The zero-order valence-electron chi connectivity index (χ0n) is 12.8. The molecule has 0 aliphatic heterocycles. The number of rotatable bonds is 4. The van der Waals surface area contributed by atoms with Crippen LogP contribution < -0.4 is 5.32 Å². The second kappa shape index (κ2) is 5.74. The first-order valence-electron chi connectivity index (χ1n) is 7.51. The van der Waals surface area contributed by atoms with Crippen molar-refractivity contribution in [2.24, 2.45) is 0 Å². The third-order valence-corrected chi connectivity index (χ3v) is 3.85. The molecule has 3 rings (SSSR count). The molecule has 0 amide bonds. The Hall–Kier alpha value is -2.06. The van der Waals surface area contributed by atoms with E-state index in [1.54, 1.807) is 0 Å². The van der Waals surface area contributed by atoms with Gasteiger partial charge in [-0.1, -0.05) is 36.8 Å². The fourth-order valence-electron chi connectivity index (χ4n) is 2.69. The maximum atomic E-state index is 5.98. The van der Waals surface area contributed by atoms with Gasteiger partial charge in [-0.05, 0) is 50.2 Å². The Labute approximate surface area is 125 Å². The number of nitrogens with one attached hydrogen (secondary N) is 1. The van der Waals surface area contributed by atoms with Crippen molar-refractivity contribution in [1.82, 2.24) is 5.32 Å². The Bertz CT molecular complexity index is 757. The van der Waals surface area contributed by atoms with E-state index in [-0.39, 0.29) is 0 Å². The summed E-state index contributed by atoms with van der Waals surface area (Å²) in [5.74, 6) is 0.932. The molecule has 0 bridgehead atoms. The monoisotopic (exact) mass is 279 g/mol. The van der Waals surface area contributed by atoms with Crippen LogP contribution in [0.25, 0.3) is 22.3 Å². The van der Waals surface area contributed by atoms with Crippen LogP contribution in [0.15, 0.2) is 52.9 Å². The first-order chi connectivity index (χ1) is 10.2. The second-order valence-electron chi connectivity index (χ2n) is 5.56. The predicted molar refractivity (Wildman–Crippen MR) is 88.5 cm³/mol. The summed E-state index contributed by atoms with van der Waals surface area (Å²) < 4.78 is 5.98. The van der Waals surface area contributed by atoms with Crippen molar-refractivity contribution in [2.45, 2.75) is 26.8 Å². The number of hydrogen-bond donors (Lipinski definition) is 1. The maximum Gasteiger partial charge on any atom is 0.135 e. The van der Waals surface area contributed by atoms with Gasteiger partial charge < -0.3 is 9.73 Å². The van der Waals surface area contributed by atoms with Crippen LogP contribution >= 0.6 is 0 Å². The standard InChI is InChI=1S/C19H21NO/c1-4-20-14(3)15-6-5-7-16(11-15)19-12-17-10-13(2)8-9-18(17)21-19/h5-12,14,20H,4H2,1-3H3. The van der Waals surface area contributed by atoms with Crippen molar-refractivity contribution in [2.75, 3.05) is 6.54 Å². The first kappa shape index (κ1) is 13.9. The van der Waals surface area contributed by atoms with Crippen molar-refractivity contribution < 1.29 is 4.42 Å². The minimum atomic E-state index is 0.349. The van der Waals surface area contributed by atoms with E-state index < -0.39 is 0 Å². The highest BCUT2D eigenvalue weighted by Gasteiger charge is 2.09. The van der Waals surface area contributed by atoms with E-state index in [4.69, 9.17) is 4.42 Å². The van der Waals surface area contributed by atoms with Crippen LogP contribution in [0.4, 0.5) is 0 Å². The first-order valence-corrected chi connectivity index (χ1v) is 7.51. The summed E-state index contributed by atoms with van der Waals surface area (Å²) in [5.41, 5.74) is 4.61. The van der Waals surface area contributed by atoms with Crippen LogP contribution in [0.1, 0.15) is 31.0 Å². The average molecular weight is 279 g/mol. The highest BCUT2D eigenvalue weighted by Crippen LogP contribution is 2.29. The molecule has 108 valence electrons. The molecule has 3 aromatic rings. The van der Waals surface area contributed by atoms with E-state index in [2.05, 4.69) is 68.6 Å². The van der Waals surface area contributed by atoms with Crippen LogP contribution in [-0.2, 0) is 0 Å². The fourth-order valence-corrected chi connectivity index (χ4v) is 2.69. The van der Waals surface area contributed by atoms with E-state index in [1.165, 1.54) is 11.1 Å². The molecule has 2 nitrogen and oxygen atoms in total. The predicted octanol–water partition coefficient (Wildman–Crippen LogP) is 5.08. The van der Waals surface area contributed by atoms with Crippen molar-refractivity contribution >= 4 is 11.0 Å². The molecule has 2 heteroatoms. The summed E-state index contributed by atoms with van der Waals surface area (Å²) in [6.45, 7) is 7.38. The van der Waals surface area contributed by atoms with Gasteiger partial charge in [-0.15, -0.1) is 0 Å². The van der Waals surface area contributed by atoms with Crippen LogP contribution in [0, 0.1) is 6.92 Å². The Kier molecular flexibility index (Phi) is 3.80. The zero-order valence-corrected chi connectivity index (χ0v) is 12.8. The Balaban J connectivity index is 2.00. The van der Waals surface area contributed by atoms with Crippen LogP contribution in [0.3, 0.4) is 0 Å². The van der Waals surface area contributed by atoms with Crippen LogP contribution in [-0.4, -0.2) is 6.54 Å². The van der Waals surface area contributed by atoms with E-state index in [0.717, 1.165) is 28.8 Å². The van der Waals surface area contributed by atoms with E-state index in [9.17, 15) is 0 Å². The minimum absolute atomic E-state index is 0.349. The van der Waals surface area contributed by atoms with Crippen LogP contribution in [0.2, 0.25) is 0 Å². The van der Waals surface area contributed by atoms with E-state index in [1.807, 2.05) is 6.07 Å². The lowest BCUT2D eigenvalue weighted by molar-refractivity contribution is 0.597. The smallest absolute Gasteiger partial charge is 0.135 e. The van der Waals surface area contributed by atoms with Gasteiger partial charge in [0.15, 0.2) is 0 Å². The quantitative estimate of drug-likeness (QED) is 0.720. The molecule has 1 atom stereocenters. The molecule has 21 heavy (non-hydrogen) atoms. The van der Waals surface area contributed by atoms with Gasteiger partial charge in [0.05, 0.1) is 0 Å². The third-order valence-electron chi connectivity index (χ3n) is 3.85. The molecule has 1 heterocycles. The summed E-state index contributed by atoms with van der Waals surface area (Å²) in [6, 6.07) is 17.3. The molecular formula is C19H21NO. The third kappa shape index (κ3) is 2.86. The maximum absolute atomic E-state index is 5.98. The van der Waals surface area contributed by atoms with E-state index in [0.29, 0.717) is 6.04 Å². The summed E-state index contributed by atoms with van der Waals surface area (Å²) in [4.78, 5) is 0. The summed E-state index contributed by atoms with van der Waals surface area (Å²) >= 11 is 0. The zero-order chi connectivity index (χ0) is 14.8. The minimum Gasteiger partial charge on any atom is -0.456 e. The molecule has 0 spiro atoms. The molecule has 0 fully saturated rings. The molecule has 0 aliphatic carbocycles. The van der Waals surface area contributed by atoms with Crippen molar-refractivity contribution in [3.63, 3.8) is 0 Å². The van der Waals surface area contributed by atoms with Gasteiger partial charge in [0.1, 0.15) is 11.3 Å². The Morgan fingerprint density at radius 2 is 1.95 bits per heavy atom. The number of benzene rings is 2. The lowest BCUT2D eigenvalue weighted by Crippen LogP contribution is -2.17. The molecule has 0 saturated carbocycles. The molecular weight excluding hydrogens is 258 g/mol. The average Bonchev–Trinajstić information content (AvgIpc) is 2.90. The second-order valence-corrected chi connectivity index (χ2v) is 5.56. The Morgan fingerprint density at radius 3 is 2.76 bits per heavy atom. The van der Waals surface area contributed by atoms with Gasteiger partial charge in [0, 0.05) is 17.0 Å². The molecule has 0 saturated heterocycles. The molecule has 1 N–H and O–H groups in total. The largest absolute Gasteiger partial charge is 0.456 e. The van der Waals surface area contributed by atoms with Crippen molar-refractivity contribution in [3.8, 4) is 11.3 Å². The fraction of sp³-hybridized carbons (Fsp3) is 0.263.